The average Bonchev–Trinajstić information content (AvgIpc) is 2.82. The second-order valence-corrected chi connectivity index (χ2v) is 9.34. The quantitative estimate of drug-likeness (QED) is 0.393. The molecule has 10 heteroatoms. The molecule has 0 aromatic heterocycles. The van der Waals surface area contributed by atoms with Crippen LogP contribution in [0.25, 0.3) is 0 Å². The highest BCUT2D eigenvalue weighted by molar-refractivity contribution is 7.92. The summed E-state index contributed by atoms with van der Waals surface area (Å²) in [5.41, 5.74) is 0.264. The molecule has 0 saturated carbocycles. The maximum atomic E-state index is 13.3. The smallest absolute Gasteiger partial charge is 0.264 e. The summed E-state index contributed by atoms with van der Waals surface area (Å²) in [6, 6.07) is 17.5. The van der Waals surface area contributed by atoms with Crippen molar-refractivity contribution in [3.63, 3.8) is 0 Å². The van der Waals surface area contributed by atoms with Crippen LogP contribution in [0.15, 0.2) is 77.7 Å². The Bertz CT molecular complexity index is 1190. The van der Waals surface area contributed by atoms with Crippen LogP contribution in [0.2, 0.25) is 5.02 Å². The molecular weight excluding hydrogens is 483 g/mol. The van der Waals surface area contributed by atoms with Crippen molar-refractivity contribution in [2.24, 2.45) is 0 Å². The largest absolute Gasteiger partial charge is 0.494 e. The van der Waals surface area contributed by atoms with Gasteiger partial charge in [0.25, 0.3) is 10.0 Å². The lowest BCUT2D eigenvalue weighted by Gasteiger charge is -2.24. The summed E-state index contributed by atoms with van der Waals surface area (Å²) < 4.78 is 51.8. The van der Waals surface area contributed by atoms with Crippen LogP contribution in [0.1, 0.15) is 6.92 Å². The highest BCUT2D eigenvalue weighted by Crippen LogP contribution is 2.26. The molecule has 0 aliphatic heterocycles. The molecule has 0 atom stereocenters. The Hall–Kier alpha value is -3.30. The van der Waals surface area contributed by atoms with Crippen molar-refractivity contribution in [2.75, 3.05) is 30.6 Å². The average molecular weight is 507 g/mol. The summed E-state index contributed by atoms with van der Waals surface area (Å²) in [6.07, 6.45) is 0. The van der Waals surface area contributed by atoms with E-state index in [4.69, 9.17) is 21.1 Å². The SMILES string of the molecule is CCOc1ccc(N(CC(=O)NCCOc2ccc(Cl)cc2)S(=O)(=O)c2ccc(F)cc2)cc1. The van der Waals surface area contributed by atoms with E-state index in [0.717, 1.165) is 28.6 Å². The topological polar surface area (TPSA) is 84.9 Å². The third-order valence-electron chi connectivity index (χ3n) is 4.63. The minimum absolute atomic E-state index is 0.137. The zero-order valence-electron chi connectivity index (χ0n) is 18.4. The van der Waals surface area contributed by atoms with Crippen LogP contribution < -0.4 is 19.1 Å². The first-order valence-corrected chi connectivity index (χ1v) is 12.3. The van der Waals surface area contributed by atoms with Crippen LogP contribution in [0.3, 0.4) is 0 Å². The standard InChI is InChI=1S/C24H24ClFN2O5S/c1-2-32-21-11-7-20(8-12-21)28(34(30,31)23-13-5-19(26)6-14-23)17-24(29)27-15-16-33-22-9-3-18(25)4-10-22/h3-14H,2,15-17H2,1H3,(H,27,29). The molecule has 0 heterocycles. The summed E-state index contributed by atoms with van der Waals surface area (Å²) in [4.78, 5) is 12.5. The highest BCUT2D eigenvalue weighted by atomic mass is 35.5. The summed E-state index contributed by atoms with van der Waals surface area (Å²) in [6.45, 7) is 2.16. The molecule has 0 saturated heterocycles. The molecule has 7 nitrogen and oxygen atoms in total. The van der Waals surface area contributed by atoms with Crippen molar-refractivity contribution in [1.82, 2.24) is 5.32 Å². The zero-order chi connectivity index (χ0) is 24.6. The molecule has 0 bridgehead atoms. The van der Waals surface area contributed by atoms with Gasteiger partial charge in [-0.1, -0.05) is 11.6 Å². The first kappa shape index (κ1) is 25.3. The maximum Gasteiger partial charge on any atom is 0.264 e. The first-order valence-electron chi connectivity index (χ1n) is 10.5. The van der Waals surface area contributed by atoms with Crippen LogP contribution in [0.4, 0.5) is 10.1 Å². The van der Waals surface area contributed by atoms with Gasteiger partial charge in [0.05, 0.1) is 23.7 Å². The van der Waals surface area contributed by atoms with Gasteiger partial charge >= 0.3 is 0 Å². The van der Waals surface area contributed by atoms with Crippen LogP contribution in [0.5, 0.6) is 11.5 Å². The number of nitrogens with one attached hydrogen (secondary N) is 1. The second kappa shape index (κ2) is 11.7. The normalized spacial score (nSPS) is 11.0. The number of amides is 1. The lowest BCUT2D eigenvalue weighted by atomic mass is 10.3. The fraction of sp³-hybridized carbons (Fsp3) is 0.208. The molecule has 0 unspecified atom stereocenters. The lowest BCUT2D eigenvalue weighted by Crippen LogP contribution is -2.41. The summed E-state index contributed by atoms with van der Waals surface area (Å²) in [7, 11) is -4.15. The van der Waals surface area contributed by atoms with Crippen molar-refractivity contribution in [2.45, 2.75) is 11.8 Å². The number of carbonyl (C=O) groups is 1. The number of rotatable bonds is 11. The zero-order valence-corrected chi connectivity index (χ0v) is 20.0. The Morgan fingerprint density at radius 3 is 2.15 bits per heavy atom. The van der Waals surface area contributed by atoms with Crippen LogP contribution in [-0.2, 0) is 14.8 Å². The van der Waals surface area contributed by atoms with Gasteiger partial charge in [-0.2, -0.15) is 0 Å². The van der Waals surface area contributed by atoms with Gasteiger partial charge in [-0.25, -0.2) is 12.8 Å². The molecule has 3 rings (SSSR count). The van der Waals surface area contributed by atoms with Gasteiger partial charge in [0.1, 0.15) is 30.5 Å². The molecule has 3 aromatic carbocycles. The number of carbonyl (C=O) groups excluding carboxylic acids is 1. The Kier molecular flexibility index (Phi) is 8.72. The van der Waals surface area contributed by atoms with Gasteiger partial charge < -0.3 is 14.8 Å². The molecule has 0 radical (unpaired) electrons. The molecule has 0 fully saturated rings. The van der Waals surface area contributed by atoms with Crippen molar-refractivity contribution in [3.05, 3.63) is 83.6 Å². The monoisotopic (exact) mass is 506 g/mol. The van der Waals surface area contributed by atoms with E-state index in [2.05, 4.69) is 5.32 Å². The van der Waals surface area contributed by atoms with Crippen molar-refractivity contribution < 1.29 is 27.1 Å². The number of halogens is 2. The Balaban J connectivity index is 1.71. The Morgan fingerprint density at radius 2 is 1.53 bits per heavy atom. The van der Waals surface area contributed by atoms with E-state index in [1.54, 1.807) is 48.5 Å². The van der Waals surface area contributed by atoms with E-state index in [1.807, 2.05) is 6.92 Å². The number of sulfonamides is 1. The van der Waals surface area contributed by atoms with E-state index in [-0.39, 0.29) is 23.7 Å². The first-order chi connectivity index (χ1) is 16.3. The van der Waals surface area contributed by atoms with Gasteiger partial charge in [-0.3, -0.25) is 9.10 Å². The predicted molar refractivity (Wildman–Crippen MR) is 128 cm³/mol. The fourth-order valence-corrected chi connectivity index (χ4v) is 4.55. The van der Waals surface area contributed by atoms with E-state index in [9.17, 15) is 17.6 Å². The number of ether oxygens (including phenoxy) is 2. The molecule has 0 aliphatic carbocycles. The van der Waals surface area contributed by atoms with Gasteiger partial charge in [-0.15, -0.1) is 0 Å². The van der Waals surface area contributed by atoms with Crippen LogP contribution >= 0.6 is 11.6 Å². The highest BCUT2D eigenvalue weighted by Gasteiger charge is 2.27. The molecule has 180 valence electrons. The fourth-order valence-electron chi connectivity index (χ4n) is 3.00. The molecule has 0 aliphatic rings. The number of anilines is 1. The second-order valence-electron chi connectivity index (χ2n) is 7.04. The summed E-state index contributed by atoms with van der Waals surface area (Å²) in [5, 5.41) is 3.23. The molecule has 34 heavy (non-hydrogen) atoms. The van der Waals surface area contributed by atoms with E-state index >= 15 is 0 Å². The van der Waals surface area contributed by atoms with Crippen molar-refractivity contribution >= 4 is 33.2 Å². The third-order valence-corrected chi connectivity index (χ3v) is 6.67. The minimum atomic E-state index is -4.15. The van der Waals surface area contributed by atoms with E-state index in [0.29, 0.717) is 23.1 Å². The van der Waals surface area contributed by atoms with E-state index < -0.39 is 28.3 Å². The van der Waals surface area contributed by atoms with Gasteiger partial charge in [0.2, 0.25) is 5.91 Å². The van der Waals surface area contributed by atoms with Crippen molar-refractivity contribution in [3.8, 4) is 11.5 Å². The summed E-state index contributed by atoms with van der Waals surface area (Å²) in [5.74, 6) is 0.0620. The van der Waals surface area contributed by atoms with Gasteiger partial charge in [-0.05, 0) is 79.7 Å². The minimum Gasteiger partial charge on any atom is -0.494 e. The number of hydrogen-bond acceptors (Lipinski definition) is 5. The van der Waals surface area contributed by atoms with Gasteiger partial charge in [0.15, 0.2) is 0 Å². The van der Waals surface area contributed by atoms with Crippen molar-refractivity contribution in [1.29, 1.82) is 0 Å². The van der Waals surface area contributed by atoms with Crippen LogP contribution in [-0.4, -0.2) is 40.6 Å². The van der Waals surface area contributed by atoms with Crippen LogP contribution in [0, 0.1) is 5.82 Å². The molecule has 0 spiro atoms. The lowest BCUT2D eigenvalue weighted by molar-refractivity contribution is -0.119. The Morgan fingerprint density at radius 1 is 0.941 bits per heavy atom. The molecule has 1 amide bonds. The predicted octanol–water partition coefficient (Wildman–Crippen LogP) is 4.27. The number of hydrogen-bond donors (Lipinski definition) is 1. The number of benzene rings is 3. The summed E-state index contributed by atoms with van der Waals surface area (Å²) >= 11 is 5.83. The third kappa shape index (κ3) is 6.85. The van der Waals surface area contributed by atoms with E-state index in [1.165, 1.54) is 0 Å². The Labute approximate surface area is 203 Å². The molecular formula is C24H24ClFN2O5S. The molecule has 3 aromatic rings. The number of nitrogens with zero attached hydrogens (tertiary/aromatic N) is 1. The molecule has 1 N–H and O–H groups in total. The van der Waals surface area contributed by atoms with Gasteiger partial charge in [0, 0.05) is 5.02 Å². The maximum absolute atomic E-state index is 13.3.